The molecule has 6 heteroatoms. The van der Waals surface area contributed by atoms with Gasteiger partial charge in [0.2, 0.25) is 5.91 Å². The van der Waals surface area contributed by atoms with Gasteiger partial charge in [-0.1, -0.05) is 6.07 Å². The average Bonchev–Trinajstić information content (AvgIpc) is 2.69. The van der Waals surface area contributed by atoms with Crippen molar-refractivity contribution in [3.05, 3.63) is 76.1 Å². The Morgan fingerprint density at radius 2 is 1.96 bits per heavy atom. The number of aromatic nitrogens is 3. The molecule has 0 unspecified atom stereocenters. The second-order valence-corrected chi connectivity index (χ2v) is 6.80. The van der Waals surface area contributed by atoms with Gasteiger partial charge in [0.15, 0.2) is 0 Å². The minimum atomic E-state index is -0.232. The number of hydrogen-bond acceptors (Lipinski definition) is 4. The van der Waals surface area contributed by atoms with Gasteiger partial charge in [0.1, 0.15) is 6.33 Å². The molecule has 0 saturated heterocycles. The molecule has 1 aromatic carbocycles. The first-order valence-corrected chi connectivity index (χ1v) is 9.38. The number of fused-ring (bicyclic) bond motifs is 1. The summed E-state index contributed by atoms with van der Waals surface area (Å²) in [7, 11) is 0. The molecule has 6 nitrogen and oxygen atoms in total. The van der Waals surface area contributed by atoms with Gasteiger partial charge in [-0.05, 0) is 68.5 Å². The van der Waals surface area contributed by atoms with E-state index in [9.17, 15) is 9.59 Å². The van der Waals surface area contributed by atoms with Crippen LogP contribution in [-0.2, 0) is 11.2 Å². The van der Waals surface area contributed by atoms with Crippen LogP contribution in [0.25, 0.3) is 17.1 Å². The predicted octanol–water partition coefficient (Wildman–Crippen LogP) is 3.02. The lowest BCUT2D eigenvalue weighted by atomic mass is 10.1. The Kier molecular flexibility index (Phi) is 6.32. The Hall–Kier alpha value is -3.28. The smallest absolute Gasteiger partial charge is 0.265 e. The van der Waals surface area contributed by atoms with Gasteiger partial charge in [0.05, 0.1) is 10.9 Å². The lowest BCUT2D eigenvalue weighted by molar-refractivity contribution is -0.116. The van der Waals surface area contributed by atoms with Crippen molar-refractivity contribution in [3.63, 3.8) is 0 Å². The lowest BCUT2D eigenvalue weighted by Crippen LogP contribution is -2.23. The number of carbonyl (C=O) groups excluding carboxylic acids is 1. The first-order valence-electron chi connectivity index (χ1n) is 9.38. The molecule has 0 fully saturated rings. The Labute approximate surface area is 164 Å². The van der Waals surface area contributed by atoms with Crippen LogP contribution in [0.3, 0.4) is 0 Å². The largest absolute Gasteiger partial charge is 0.353 e. The molecule has 0 aliphatic heterocycles. The summed E-state index contributed by atoms with van der Waals surface area (Å²) < 4.78 is 1.33. The number of nitrogens with zero attached hydrogens (tertiary/aromatic N) is 3. The molecular weight excluding hydrogens is 352 g/mol. The number of amides is 1. The fourth-order valence-electron chi connectivity index (χ4n) is 2.90. The maximum absolute atomic E-state index is 12.6. The van der Waals surface area contributed by atoms with Crippen LogP contribution in [0, 0.1) is 13.8 Å². The van der Waals surface area contributed by atoms with Crippen molar-refractivity contribution < 1.29 is 4.79 Å². The fourth-order valence-corrected chi connectivity index (χ4v) is 2.90. The molecular formula is C22H24N4O2. The molecule has 0 aliphatic rings. The zero-order valence-electron chi connectivity index (χ0n) is 16.2. The molecule has 0 atom stereocenters. The standard InChI is InChI=1S/C22H24N4O2/c1-16-13-19-20(14-17(16)2)25-15-26(22(19)28)12-9-21(27)24-11-6-4-8-18-7-3-5-10-23-18/h3,5,7,9-10,12-15H,4,6,8,11H2,1-2H3,(H,24,27)/b12-9+. The number of nitrogens with one attached hydrogen (secondary N) is 1. The topological polar surface area (TPSA) is 76.9 Å². The van der Waals surface area contributed by atoms with Crippen molar-refractivity contribution in [2.24, 2.45) is 0 Å². The Morgan fingerprint density at radius 1 is 1.14 bits per heavy atom. The second kappa shape index (κ2) is 9.08. The summed E-state index contributed by atoms with van der Waals surface area (Å²) in [6.07, 6.45) is 8.75. The van der Waals surface area contributed by atoms with Gasteiger partial charge in [-0.15, -0.1) is 0 Å². The molecule has 144 valence electrons. The van der Waals surface area contributed by atoms with Crippen molar-refractivity contribution >= 4 is 23.0 Å². The normalized spacial score (nSPS) is 11.2. The highest BCUT2D eigenvalue weighted by Gasteiger charge is 2.05. The average molecular weight is 376 g/mol. The van der Waals surface area contributed by atoms with Gasteiger partial charge in [-0.3, -0.25) is 19.1 Å². The van der Waals surface area contributed by atoms with Gasteiger partial charge in [0.25, 0.3) is 5.56 Å². The summed E-state index contributed by atoms with van der Waals surface area (Å²) in [5.74, 6) is -0.232. The molecule has 0 bridgehead atoms. The highest BCUT2D eigenvalue weighted by atomic mass is 16.1. The van der Waals surface area contributed by atoms with E-state index in [0.29, 0.717) is 17.4 Å². The molecule has 0 saturated carbocycles. The maximum Gasteiger partial charge on any atom is 0.265 e. The third kappa shape index (κ3) is 4.91. The van der Waals surface area contributed by atoms with Gasteiger partial charge in [-0.25, -0.2) is 4.98 Å². The van der Waals surface area contributed by atoms with Gasteiger partial charge < -0.3 is 5.32 Å². The number of unbranched alkanes of at least 4 members (excludes halogenated alkanes) is 1. The molecule has 1 N–H and O–H groups in total. The Balaban J connectivity index is 1.53. The van der Waals surface area contributed by atoms with Crippen LogP contribution >= 0.6 is 0 Å². The highest BCUT2D eigenvalue weighted by Crippen LogP contribution is 2.14. The molecule has 1 amide bonds. The molecule has 3 aromatic rings. The van der Waals surface area contributed by atoms with Crippen molar-refractivity contribution in [1.82, 2.24) is 19.9 Å². The SMILES string of the molecule is Cc1cc2ncn(/C=C/C(=O)NCCCCc3ccccn3)c(=O)c2cc1C. The van der Waals surface area contributed by atoms with Gasteiger partial charge in [0, 0.05) is 30.7 Å². The predicted molar refractivity (Wildman–Crippen MR) is 111 cm³/mol. The van der Waals surface area contributed by atoms with E-state index >= 15 is 0 Å². The number of pyridine rings is 1. The monoisotopic (exact) mass is 376 g/mol. The summed E-state index contributed by atoms with van der Waals surface area (Å²) in [5.41, 5.74) is 3.66. The van der Waals surface area contributed by atoms with E-state index in [2.05, 4.69) is 15.3 Å². The summed E-state index contributed by atoms with van der Waals surface area (Å²) in [4.78, 5) is 33.1. The van der Waals surface area contributed by atoms with Gasteiger partial charge in [-0.2, -0.15) is 0 Å². The molecule has 3 rings (SSSR count). The van der Waals surface area contributed by atoms with Gasteiger partial charge >= 0.3 is 0 Å². The summed E-state index contributed by atoms with van der Waals surface area (Å²) >= 11 is 0. The first kappa shape index (κ1) is 19.5. The van der Waals surface area contributed by atoms with E-state index in [1.54, 1.807) is 6.20 Å². The quantitative estimate of drug-likeness (QED) is 0.508. The van der Waals surface area contributed by atoms with E-state index in [1.807, 2.05) is 44.2 Å². The second-order valence-electron chi connectivity index (χ2n) is 6.80. The maximum atomic E-state index is 12.6. The lowest BCUT2D eigenvalue weighted by Gasteiger charge is -2.05. The van der Waals surface area contributed by atoms with Crippen molar-refractivity contribution in [1.29, 1.82) is 0 Å². The summed E-state index contributed by atoms with van der Waals surface area (Å²) in [6, 6.07) is 9.61. The number of carbonyl (C=O) groups is 1. The summed E-state index contributed by atoms with van der Waals surface area (Å²) in [5, 5.41) is 3.38. The van der Waals surface area contributed by atoms with Crippen LogP contribution in [0.5, 0.6) is 0 Å². The van der Waals surface area contributed by atoms with Crippen LogP contribution in [0.2, 0.25) is 0 Å². The molecule has 2 heterocycles. The van der Waals surface area contributed by atoms with Crippen LogP contribution < -0.4 is 10.9 Å². The van der Waals surface area contributed by atoms with Crippen LogP contribution in [0.15, 0.2) is 53.7 Å². The number of rotatable bonds is 7. The number of benzene rings is 1. The minimum Gasteiger partial charge on any atom is -0.353 e. The molecule has 0 aliphatic carbocycles. The van der Waals surface area contributed by atoms with E-state index in [0.717, 1.165) is 36.1 Å². The Bertz CT molecular complexity index is 1060. The third-order valence-electron chi connectivity index (χ3n) is 4.67. The minimum absolute atomic E-state index is 0.187. The van der Waals surface area contributed by atoms with Crippen LogP contribution in [0.1, 0.15) is 29.7 Å². The highest BCUT2D eigenvalue weighted by molar-refractivity contribution is 5.90. The van der Waals surface area contributed by atoms with E-state index in [4.69, 9.17) is 0 Å². The molecule has 0 radical (unpaired) electrons. The van der Waals surface area contributed by atoms with Crippen LogP contribution in [0.4, 0.5) is 0 Å². The Morgan fingerprint density at radius 3 is 2.75 bits per heavy atom. The first-order chi connectivity index (χ1) is 13.5. The van der Waals surface area contributed by atoms with Crippen LogP contribution in [-0.4, -0.2) is 27.0 Å². The van der Waals surface area contributed by atoms with Crippen molar-refractivity contribution in [3.8, 4) is 0 Å². The fraction of sp³-hybridized carbons (Fsp3) is 0.273. The van der Waals surface area contributed by atoms with E-state index in [-0.39, 0.29) is 11.5 Å². The third-order valence-corrected chi connectivity index (χ3v) is 4.67. The number of aryl methyl sites for hydroxylation is 3. The zero-order chi connectivity index (χ0) is 19.9. The van der Waals surface area contributed by atoms with Crippen molar-refractivity contribution in [2.75, 3.05) is 6.54 Å². The van der Waals surface area contributed by atoms with E-state index < -0.39 is 0 Å². The molecule has 28 heavy (non-hydrogen) atoms. The zero-order valence-corrected chi connectivity index (χ0v) is 16.2. The van der Waals surface area contributed by atoms with E-state index in [1.165, 1.54) is 23.2 Å². The summed E-state index contributed by atoms with van der Waals surface area (Å²) in [6.45, 7) is 4.53. The number of hydrogen-bond donors (Lipinski definition) is 1. The molecule has 0 spiro atoms. The molecule has 2 aromatic heterocycles. The van der Waals surface area contributed by atoms with Crippen molar-refractivity contribution in [2.45, 2.75) is 33.1 Å².